The molecule has 7 aromatic carbocycles. The van der Waals surface area contributed by atoms with E-state index in [-0.39, 0.29) is 0 Å². The Kier molecular flexibility index (Phi) is 14.0. The van der Waals surface area contributed by atoms with Gasteiger partial charge in [0.05, 0.1) is 0 Å². The molecule has 0 heterocycles. The van der Waals surface area contributed by atoms with E-state index >= 15 is 0 Å². The third-order valence-electron chi connectivity index (χ3n) is 6.87. The van der Waals surface area contributed by atoms with E-state index in [4.69, 9.17) is 0 Å². The van der Waals surface area contributed by atoms with Gasteiger partial charge in [0.1, 0.15) is 0 Å². The van der Waals surface area contributed by atoms with Gasteiger partial charge >= 0.3 is 61.8 Å². The van der Waals surface area contributed by atoms with E-state index in [1.54, 1.807) is 0 Å². The first-order chi connectivity index (χ1) is 22.8. The molecule has 0 aliphatic rings. The molecule has 0 radical (unpaired) electrons. The molecule has 0 amide bonds. The average Bonchev–Trinajstić information content (AvgIpc) is 3.15. The second-order valence-electron chi connectivity index (χ2n) is 10.0. The molecule has 0 nitrogen and oxygen atoms in total. The molecule has 0 aliphatic heterocycles. The first-order valence-corrected chi connectivity index (χ1v) is 20.6. The molecule has 4 heteroatoms. The number of hydrogen-bond donors (Lipinski definition) is 0. The van der Waals surface area contributed by atoms with E-state index in [2.05, 4.69) is 208 Å². The van der Waals surface area contributed by atoms with Gasteiger partial charge in [-0.05, 0) is 47.7 Å². The topological polar surface area (TPSA) is 0 Å². The molecular formula is C42H35BrNiP2. The fourth-order valence-corrected chi connectivity index (χ4v) is 10.4. The number of rotatable bonds is 7. The first-order valence-electron chi connectivity index (χ1n) is 15.0. The van der Waals surface area contributed by atoms with Gasteiger partial charge in [-0.1, -0.05) is 182 Å². The van der Waals surface area contributed by atoms with Gasteiger partial charge in [0.2, 0.25) is 0 Å². The third-order valence-corrected chi connectivity index (χ3v) is 13.5. The van der Waals surface area contributed by atoms with Gasteiger partial charge in [0.25, 0.3) is 0 Å². The molecule has 0 bridgehead atoms. The maximum Gasteiger partial charge on any atom is -0.0134 e. The van der Waals surface area contributed by atoms with Crippen LogP contribution in [-0.2, 0) is 12.7 Å². The van der Waals surface area contributed by atoms with E-state index in [1.165, 1.54) is 49.0 Å². The Balaban J connectivity index is 0.000000147. The van der Waals surface area contributed by atoms with Crippen molar-refractivity contribution in [2.24, 2.45) is 0 Å². The molecule has 0 aliphatic carbocycles. The van der Waals surface area contributed by atoms with Crippen LogP contribution in [0.15, 0.2) is 212 Å². The number of benzene rings is 7. The molecule has 0 saturated carbocycles. The molecule has 0 fully saturated rings. The Hall–Kier alpha value is -3.63. The summed E-state index contributed by atoms with van der Waals surface area (Å²) in [7, 11) is -0.892. The molecule has 0 atom stereocenters. The largest absolute Gasteiger partial charge is 0.0622 e. The van der Waals surface area contributed by atoms with Gasteiger partial charge in [0, 0.05) is 0 Å². The Morgan fingerprint density at radius 2 is 0.435 bits per heavy atom. The zero-order valence-electron chi connectivity index (χ0n) is 25.3. The third kappa shape index (κ3) is 10.2. The Morgan fingerprint density at radius 3 is 0.587 bits per heavy atom. The van der Waals surface area contributed by atoms with Gasteiger partial charge < -0.3 is 0 Å². The van der Waals surface area contributed by atoms with Crippen molar-refractivity contribution in [3.8, 4) is 0 Å². The predicted octanol–water partition coefficient (Wildman–Crippen LogP) is 8.59. The quantitative estimate of drug-likeness (QED) is 0.114. The fourth-order valence-electron chi connectivity index (χ4n) is 4.80. The van der Waals surface area contributed by atoms with Crippen LogP contribution in [0.2, 0.25) is 0 Å². The second kappa shape index (κ2) is 19.1. The second-order valence-corrected chi connectivity index (χ2v) is 16.2. The standard InChI is InChI=1S/2C18H15P.C6H5.BrH.Ni/c2*1-4-10-16(11-5-1)19(17-12-6-2-7-13-17)18-14-8-3-9-15-18;1-2-4-6-5-3-1;;/h2*1-15H;1-5H;1H;/q;;;;+1/p-1. The minimum atomic E-state index is -0.446. The van der Waals surface area contributed by atoms with Crippen LogP contribution in [0.4, 0.5) is 0 Å². The van der Waals surface area contributed by atoms with Crippen molar-refractivity contribution < 1.29 is 12.7 Å². The van der Waals surface area contributed by atoms with Crippen LogP contribution in [0.5, 0.6) is 0 Å². The van der Waals surface area contributed by atoms with Crippen LogP contribution in [0.1, 0.15) is 0 Å². The summed E-state index contributed by atoms with van der Waals surface area (Å²) in [5.74, 6) is 0. The van der Waals surface area contributed by atoms with E-state index in [9.17, 15) is 0 Å². The van der Waals surface area contributed by atoms with Crippen LogP contribution in [0.25, 0.3) is 0 Å². The summed E-state index contributed by atoms with van der Waals surface area (Å²) in [5.41, 5.74) is 0. The molecule has 230 valence electrons. The van der Waals surface area contributed by atoms with Crippen molar-refractivity contribution in [1.29, 1.82) is 0 Å². The van der Waals surface area contributed by atoms with Crippen molar-refractivity contribution in [3.05, 3.63) is 212 Å². The van der Waals surface area contributed by atoms with Gasteiger partial charge in [-0.15, -0.1) is 0 Å². The molecule has 0 aromatic heterocycles. The average molecular weight is 740 g/mol. The van der Waals surface area contributed by atoms with Crippen LogP contribution in [0, 0.1) is 0 Å². The monoisotopic (exact) mass is 738 g/mol. The van der Waals surface area contributed by atoms with Crippen molar-refractivity contribution in [1.82, 2.24) is 0 Å². The maximum absolute atomic E-state index is 3.29. The van der Waals surface area contributed by atoms with Crippen LogP contribution >= 0.6 is 30.1 Å². The van der Waals surface area contributed by atoms with Crippen LogP contribution in [0.3, 0.4) is 0 Å². The summed E-state index contributed by atoms with van der Waals surface area (Å²) in [6.07, 6.45) is 0. The summed E-state index contributed by atoms with van der Waals surface area (Å²) in [5, 5.41) is 8.39. The molecule has 7 rings (SSSR count). The van der Waals surface area contributed by atoms with Crippen molar-refractivity contribution >= 4 is 66.4 Å². The SMILES string of the molecule is [Br][Ni][c]1ccccc1.c1ccc(P(c2ccccc2)c2ccccc2)cc1.c1ccc(P(c2ccccc2)c2ccccc2)cc1. The zero-order chi connectivity index (χ0) is 31.7. The molecule has 46 heavy (non-hydrogen) atoms. The molecule has 0 saturated heterocycles. The molecule has 0 unspecified atom stereocenters. The van der Waals surface area contributed by atoms with Gasteiger partial charge in [-0.2, -0.15) is 0 Å². The number of halogens is 1. The van der Waals surface area contributed by atoms with E-state index in [0.717, 1.165) is 0 Å². The van der Waals surface area contributed by atoms with Crippen LogP contribution in [-0.4, -0.2) is 0 Å². The fraction of sp³-hybridized carbons (Fsp3) is 0. The Bertz CT molecular complexity index is 1490. The summed E-state index contributed by atoms with van der Waals surface area (Å²) < 4.78 is 1.26. The predicted molar refractivity (Wildman–Crippen MR) is 205 cm³/mol. The van der Waals surface area contributed by atoms with E-state index < -0.39 is 15.8 Å². The smallest absolute Gasteiger partial charge is 0.0134 e. The molecule has 0 N–H and O–H groups in total. The summed E-state index contributed by atoms with van der Waals surface area (Å²) >= 11 is 4.72. The Labute approximate surface area is 289 Å². The summed E-state index contributed by atoms with van der Waals surface area (Å²) in [4.78, 5) is 0. The minimum absolute atomic E-state index is 0.446. The van der Waals surface area contributed by atoms with E-state index in [0.29, 0.717) is 0 Å². The summed E-state index contributed by atoms with van der Waals surface area (Å²) in [6, 6.07) is 74.8. The molecule has 0 spiro atoms. The zero-order valence-corrected chi connectivity index (χ0v) is 29.7. The first kappa shape index (κ1) is 33.7. The van der Waals surface area contributed by atoms with Gasteiger partial charge in [0.15, 0.2) is 0 Å². The van der Waals surface area contributed by atoms with Crippen LogP contribution < -0.4 is 36.4 Å². The minimum Gasteiger partial charge on any atom is -0.0622 e. The van der Waals surface area contributed by atoms with Crippen molar-refractivity contribution in [3.63, 3.8) is 0 Å². The van der Waals surface area contributed by atoms with Gasteiger partial charge in [-0.25, -0.2) is 0 Å². The Morgan fingerprint density at radius 1 is 0.261 bits per heavy atom. The van der Waals surface area contributed by atoms with Crippen molar-refractivity contribution in [2.75, 3.05) is 0 Å². The van der Waals surface area contributed by atoms with Crippen molar-refractivity contribution in [2.45, 2.75) is 0 Å². The summed E-state index contributed by atoms with van der Waals surface area (Å²) in [6.45, 7) is 0. The number of hydrogen-bond acceptors (Lipinski definition) is 0. The maximum atomic E-state index is 3.29. The molecule has 7 aromatic rings. The van der Waals surface area contributed by atoms with E-state index in [1.807, 2.05) is 18.2 Å². The molecular weight excluding hydrogens is 705 g/mol. The normalized spacial score (nSPS) is 10.4. The van der Waals surface area contributed by atoms with Gasteiger partial charge in [-0.3, -0.25) is 0 Å².